The van der Waals surface area contributed by atoms with E-state index >= 15 is 0 Å². The zero-order valence-corrected chi connectivity index (χ0v) is 12.0. The average molecular weight is 244 g/mol. The van der Waals surface area contributed by atoms with Gasteiger partial charge in [-0.25, -0.2) is 5.84 Å². The summed E-state index contributed by atoms with van der Waals surface area (Å²) >= 11 is 0. The van der Waals surface area contributed by atoms with Crippen LogP contribution < -0.4 is 5.84 Å². The Morgan fingerprint density at radius 3 is 2.44 bits per heavy atom. The second kappa shape index (κ2) is 4.47. The Morgan fingerprint density at radius 2 is 2.06 bits per heavy atom. The zero-order chi connectivity index (χ0) is 12.6. The topological polar surface area (TPSA) is 55.6 Å². The van der Waals surface area contributed by atoms with Crippen molar-refractivity contribution in [3.8, 4) is 0 Å². The Hall–Kier alpha value is -0.393. The van der Waals surface area contributed by atoms with Crippen molar-refractivity contribution in [1.29, 1.82) is 0 Å². The van der Waals surface area contributed by atoms with Crippen LogP contribution in [0.25, 0.3) is 0 Å². The summed E-state index contributed by atoms with van der Waals surface area (Å²) in [5, 5.41) is 1.50. The van der Waals surface area contributed by atoms with Gasteiger partial charge in [0, 0.05) is 13.2 Å². The van der Waals surface area contributed by atoms with Gasteiger partial charge in [0.15, 0.2) is 8.32 Å². The summed E-state index contributed by atoms with van der Waals surface area (Å²) in [6.45, 7) is 12.2. The Labute approximate surface area is 99.2 Å². The first kappa shape index (κ1) is 13.7. The molecule has 1 saturated heterocycles. The van der Waals surface area contributed by atoms with Crippen molar-refractivity contribution < 1.29 is 9.22 Å². The van der Waals surface area contributed by atoms with Crippen molar-refractivity contribution >= 4 is 14.2 Å². The van der Waals surface area contributed by atoms with Gasteiger partial charge in [-0.2, -0.15) is 0 Å². The molecule has 0 saturated carbocycles. The molecule has 16 heavy (non-hydrogen) atoms. The minimum absolute atomic E-state index is 0.0266. The SMILES string of the molecule is CC(C)(C)[Si](C)(C)OCC1CCN(N)C1=O. The standard InChI is InChI=1S/C11H24N2O2Si/c1-11(2,3)16(4,5)15-8-9-6-7-13(12)10(9)14/h9H,6-8,12H2,1-5H3. The van der Waals surface area contributed by atoms with Crippen molar-refractivity contribution in [2.75, 3.05) is 13.2 Å². The first-order valence-corrected chi connectivity index (χ1v) is 8.76. The monoisotopic (exact) mass is 244 g/mol. The number of rotatable bonds is 3. The summed E-state index contributed by atoms with van der Waals surface area (Å²) < 4.78 is 6.03. The molecule has 0 aromatic rings. The number of nitrogens with two attached hydrogens (primary N) is 1. The van der Waals surface area contributed by atoms with E-state index in [1.165, 1.54) is 5.01 Å². The minimum atomic E-state index is -1.74. The van der Waals surface area contributed by atoms with Crippen LogP contribution in [0.5, 0.6) is 0 Å². The van der Waals surface area contributed by atoms with Crippen LogP contribution in [0.2, 0.25) is 18.1 Å². The lowest BCUT2D eigenvalue weighted by Gasteiger charge is -2.36. The van der Waals surface area contributed by atoms with Crippen LogP contribution in [-0.2, 0) is 9.22 Å². The summed E-state index contributed by atoms with van der Waals surface area (Å²) in [7, 11) is -1.74. The second-order valence-electron chi connectivity index (χ2n) is 6.09. The molecule has 0 aromatic carbocycles. The first-order valence-electron chi connectivity index (χ1n) is 5.85. The van der Waals surface area contributed by atoms with Crippen LogP contribution in [-0.4, -0.2) is 32.4 Å². The highest BCUT2D eigenvalue weighted by molar-refractivity contribution is 6.74. The summed E-state index contributed by atoms with van der Waals surface area (Å²) in [6.07, 6.45) is 0.823. The van der Waals surface area contributed by atoms with E-state index in [0.717, 1.165) is 6.42 Å². The number of amides is 1. The van der Waals surface area contributed by atoms with E-state index in [4.69, 9.17) is 10.3 Å². The van der Waals surface area contributed by atoms with Crippen molar-refractivity contribution in [2.24, 2.45) is 11.8 Å². The summed E-state index contributed by atoms with van der Waals surface area (Å²) in [6, 6.07) is 0. The predicted octanol–water partition coefficient (Wildman–Crippen LogP) is 1.73. The highest BCUT2D eigenvalue weighted by Gasteiger charge is 2.39. The molecule has 1 atom stereocenters. The van der Waals surface area contributed by atoms with Gasteiger partial charge in [0.1, 0.15) is 0 Å². The molecular formula is C11H24N2O2Si. The number of hydrazine groups is 1. The lowest BCUT2D eigenvalue weighted by Crippen LogP contribution is -2.43. The Bertz CT molecular complexity index is 274. The van der Waals surface area contributed by atoms with E-state index in [0.29, 0.717) is 13.2 Å². The lowest BCUT2D eigenvalue weighted by atomic mass is 10.1. The second-order valence-corrected chi connectivity index (χ2v) is 10.9. The van der Waals surface area contributed by atoms with Crippen molar-refractivity contribution in [3.63, 3.8) is 0 Å². The Kier molecular flexibility index (Phi) is 3.82. The molecule has 1 rings (SSSR count). The molecule has 1 aliphatic heterocycles. The number of nitrogens with zero attached hydrogens (tertiary/aromatic N) is 1. The van der Waals surface area contributed by atoms with Crippen LogP contribution in [0.15, 0.2) is 0 Å². The van der Waals surface area contributed by atoms with Crippen LogP contribution in [0.3, 0.4) is 0 Å². The Morgan fingerprint density at radius 1 is 1.50 bits per heavy atom. The molecule has 0 aliphatic carbocycles. The molecule has 0 bridgehead atoms. The summed E-state index contributed by atoms with van der Waals surface area (Å²) in [5.41, 5.74) is 0. The van der Waals surface area contributed by atoms with Gasteiger partial charge in [0.2, 0.25) is 5.91 Å². The van der Waals surface area contributed by atoms with Gasteiger partial charge in [-0.15, -0.1) is 0 Å². The van der Waals surface area contributed by atoms with Crippen molar-refractivity contribution in [1.82, 2.24) is 5.01 Å². The fourth-order valence-electron chi connectivity index (χ4n) is 1.44. The van der Waals surface area contributed by atoms with Gasteiger partial charge >= 0.3 is 0 Å². The van der Waals surface area contributed by atoms with Gasteiger partial charge in [-0.1, -0.05) is 20.8 Å². The van der Waals surface area contributed by atoms with Crippen LogP contribution in [0.4, 0.5) is 0 Å². The molecule has 1 fully saturated rings. The molecule has 0 spiro atoms. The van der Waals surface area contributed by atoms with Crippen molar-refractivity contribution in [2.45, 2.75) is 45.3 Å². The van der Waals surface area contributed by atoms with E-state index in [-0.39, 0.29) is 16.9 Å². The van der Waals surface area contributed by atoms with Crippen molar-refractivity contribution in [3.05, 3.63) is 0 Å². The predicted molar refractivity (Wildman–Crippen MR) is 67.2 cm³/mol. The van der Waals surface area contributed by atoms with E-state index in [9.17, 15) is 4.79 Å². The van der Waals surface area contributed by atoms with Crippen LogP contribution >= 0.6 is 0 Å². The number of carbonyl (C=O) groups excluding carboxylic acids is 1. The fourth-order valence-corrected chi connectivity index (χ4v) is 2.49. The third-order valence-corrected chi connectivity index (χ3v) is 8.30. The average Bonchev–Trinajstić information content (AvgIpc) is 2.43. The first-order chi connectivity index (χ1) is 7.15. The maximum Gasteiger partial charge on any atom is 0.241 e. The number of carbonyl (C=O) groups is 1. The molecule has 1 unspecified atom stereocenters. The van der Waals surface area contributed by atoms with Gasteiger partial charge in [-0.3, -0.25) is 9.80 Å². The molecule has 2 N–H and O–H groups in total. The third kappa shape index (κ3) is 2.84. The maximum absolute atomic E-state index is 11.6. The third-order valence-electron chi connectivity index (χ3n) is 3.80. The fraction of sp³-hybridized carbons (Fsp3) is 0.909. The smallest absolute Gasteiger partial charge is 0.241 e. The highest BCUT2D eigenvalue weighted by Crippen LogP contribution is 2.37. The molecular weight excluding hydrogens is 220 g/mol. The quantitative estimate of drug-likeness (QED) is 0.467. The van der Waals surface area contributed by atoms with Gasteiger partial charge in [0.05, 0.1) is 5.92 Å². The molecule has 1 aliphatic rings. The van der Waals surface area contributed by atoms with E-state index in [2.05, 4.69) is 33.9 Å². The van der Waals surface area contributed by atoms with Gasteiger partial charge in [0.25, 0.3) is 0 Å². The minimum Gasteiger partial charge on any atom is -0.416 e. The normalized spacial score (nSPS) is 23.0. The molecule has 5 heteroatoms. The van der Waals surface area contributed by atoms with Crippen LogP contribution in [0, 0.1) is 5.92 Å². The van der Waals surface area contributed by atoms with Gasteiger partial charge < -0.3 is 4.43 Å². The molecule has 94 valence electrons. The maximum atomic E-state index is 11.6. The zero-order valence-electron chi connectivity index (χ0n) is 11.0. The molecule has 0 radical (unpaired) electrons. The molecule has 4 nitrogen and oxygen atoms in total. The summed E-state index contributed by atoms with van der Waals surface area (Å²) in [4.78, 5) is 11.6. The summed E-state index contributed by atoms with van der Waals surface area (Å²) in [5.74, 6) is 5.53. The highest BCUT2D eigenvalue weighted by atomic mass is 28.4. The van der Waals surface area contributed by atoms with Gasteiger partial charge in [-0.05, 0) is 24.6 Å². The van der Waals surface area contributed by atoms with Crippen LogP contribution in [0.1, 0.15) is 27.2 Å². The van der Waals surface area contributed by atoms with E-state index in [1.807, 2.05) is 0 Å². The molecule has 1 heterocycles. The number of hydrogen-bond donors (Lipinski definition) is 1. The lowest BCUT2D eigenvalue weighted by molar-refractivity contribution is -0.132. The van der Waals surface area contributed by atoms with E-state index in [1.54, 1.807) is 0 Å². The number of hydrogen-bond acceptors (Lipinski definition) is 3. The van der Waals surface area contributed by atoms with E-state index < -0.39 is 8.32 Å². The molecule has 1 amide bonds. The largest absolute Gasteiger partial charge is 0.416 e. The Balaban J connectivity index is 2.50. The molecule has 0 aromatic heterocycles.